The number of hydrogen-bond acceptors (Lipinski definition) is 5. The van der Waals surface area contributed by atoms with Gasteiger partial charge in [0.25, 0.3) is 5.91 Å². The van der Waals surface area contributed by atoms with Crippen molar-refractivity contribution >= 4 is 43.3 Å². The molecule has 2 aliphatic heterocycles. The summed E-state index contributed by atoms with van der Waals surface area (Å²) in [5, 5.41) is 7.81. The predicted octanol–water partition coefficient (Wildman–Crippen LogP) is 6.86. The van der Waals surface area contributed by atoms with Gasteiger partial charge in [0.2, 0.25) is 0 Å². The summed E-state index contributed by atoms with van der Waals surface area (Å²) in [6.07, 6.45) is 4.33. The highest BCUT2D eigenvalue weighted by Crippen LogP contribution is 2.31. The molecule has 7 heteroatoms. The quantitative estimate of drug-likeness (QED) is 0.242. The first-order valence-electron chi connectivity index (χ1n) is 13.9. The van der Waals surface area contributed by atoms with E-state index in [0.717, 1.165) is 83.6 Å². The first-order valence-corrected chi connectivity index (χ1v) is 15.5. The molecule has 2 N–H and O–H groups in total. The fourth-order valence-corrected chi connectivity index (χ4v) is 7.01. The lowest BCUT2D eigenvalue weighted by Crippen LogP contribution is -2.44. The van der Waals surface area contributed by atoms with Crippen molar-refractivity contribution in [1.82, 2.24) is 15.5 Å². The van der Waals surface area contributed by atoms with Gasteiger partial charge in [0.15, 0.2) is 0 Å². The van der Waals surface area contributed by atoms with Gasteiger partial charge in [-0.15, -0.1) is 11.3 Å². The lowest BCUT2D eigenvalue weighted by atomic mass is 10.0. The molecular formula is C32H34BrN3O2S. The molecule has 39 heavy (non-hydrogen) atoms. The largest absolute Gasteiger partial charge is 0.489 e. The maximum Gasteiger partial charge on any atom is 0.261 e. The molecule has 202 valence electrons. The van der Waals surface area contributed by atoms with Crippen LogP contribution in [0.3, 0.4) is 0 Å². The molecule has 3 aromatic carbocycles. The van der Waals surface area contributed by atoms with E-state index < -0.39 is 0 Å². The molecule has 0 bridgehead atoms. The molecule has 4 aromatic rings. The summed E-state index contributed by atoms with van der Waals surface area (Å²) in [5.74, 6) is 0.980. The standard InChI is InChI=1S/C32H34BrN3O2S/c33-28-18-22(6-8-29(28)38-27-10-14-34-15-11-27)21-36-16-12-26(13-17-36)35-32(37)31-20-25-19-24(7-9-30(25)39-31)23-4-2-1-3-5-23/h1-9,18-20,26-27,34H,10-17,21H2,(H,35,37). The fourth-order valence-electron chi connectivity index (χ4n) is 5.55. The average molecular weight is 605 g/mol. The molecule has 0 atom stereocenters. The maximum absolute atomic E-state index is 13.1. The van der Waals surface area contributed by atoms with Crippen LogP contribution in [0.5, 0.6) is 5.75 Å². The number of hydrogen-bond donors (Lipinski definition) is 2. The van der Waals surface area contributed by atoms with Crippen molar-refractivity contribution in [2.24, 2.45) is 0 Å². The minimum atomic E-state index is 0.0455. The number of halogens is 1. The molecule has 0 saturated carbocycles. The van der Waals surface area contributed by atoms with Crippen molar-refractivity contribution in [2.45, 2.75) is 44.4 Å². The number of nitrogens with zero attached hydrogens (tertiary/aromatic N) is 1. The number of amides is 1. The van der Waals surface area contributed by atoms with E-state index in [2.05, 4.69) is 92.1 Å². The number of fused-ring (bicyclic) bond motifs is 1. The second-order valence-corrected chi connectivity index (χ2v) is 12.5. The molecule has 2 aliphatic rings. The van der Waals surface area contributed by atoms with Gasteiger partial charge in [-0.2, -0.15) is 0 Å². The Morgan fingerprint density at radius 1 is 0.949 bits per heavy atom. The Bertz CT molecular complexity index is 1430. The molecule has 2 saturated heterocycles. The van der Waals surface area contributed by atoms with Crippen molar-refractivity contribution in [1.29, 1.82) is 0 Å². The highest BCUT2D eigenvalue weighted by molar-refractivity contribution is 9.10. The third-order valence-electron chi connectivity index (χ3n) is 7.75. The number of carbonyl (C=O) groups excluding carboxylic acids is 1. The van der Waals surface area contributed by atoms with Crippen LogP contribution in [0.15, 0.2) is 77.3 Å². The van der Waals surface area contributed by atoms with E-state index in [0.29, 0.717) is 6.10 Å². The second kappa shape index (κ2) is 12.2. The van der Waals surface area contributed by atoms with E-state index >= 15 is 0 Å². The van der Waals surface area contributed by atoms with Gasteiger partial charge in [-0.3, -0.25) is 9.69 Å². The molecule has 0 spiro atoms. The van der Waals surface area contributed by atoms with Gasteiger partial charge >= 0.3 is 0 Å². The maximum atomic E-state index is 13.1. The number of thiophene rings is 1. The molecule has 1 amide bonds. The van der Waals surface area contributed by atoms with Gasteiger partial charge in [0.05, 0.1) is 9.35 Å². The number of rotatable bonds is 7. The molecule has 5 nitrogen and oxygen atoms in total. The van der Waals surface area contributed by atoms with E-state index in [4.69, 9.17) is 4.74 Å². The summed E-state index contributed by atoms with van der Waals surface area (Å²) in [7, 11) is 0. The Labute approximate surface area is 242 Å². The first kappa shape index (κ1) is 26.5. The molecule has 2 fully saturated rings. The van der Waals surface area contributed by atoms with Gasteiger partial charge in [-0.1, -0.05) is 42.5 Å². The molecule has 1 aromatic heterocycles. The number of likely N-dealkylation sites (tertiary alicyclic amines) is 1. The van der Waals surface area contributed by atoms with Crippen LogP contribution in [0.1, 0.15) is 40.9 Å². The molecule has 0 aliphatic carbocycles. The van der Waals surface area contributed by atoms with Gasteiger partial charge in [-0.25, -0.2) is 0 Å². The number of ether oxygens (including phenoxy) is 1. The SMILES string of the molecule is O=C(NC1CCN(Cc2ccc(OC3CCNCC3)c(Br)c2)CC1)c1cc2cc(-c3ccccc3)ccc2s1. The Kier molecular flexibility index (Phi) is 8.30. The van der Waals surface area contributed by atoms with E-state index in [9.17, 15) is 4.79 Å². The molecule has 3 heterocycles. The summed E-state index contributed by atoms with van der Waals surface area (Å²) >= 11 is 5.29. The summed E-state index contributed by atoms with van der Waals surface area (Å²) < 4.78 is 8.40. The van der Waals surface area contributed by atoms with Gasteiger partial charge < -0.3 is 15.4 Å². The number of carbonyl (C=O) groups is 1. The molecular weight excluding hydrogens is 570 g/mol. The monoisotopic (exact) mass is 603 g/mol. The smallest absolute Gasteiger partial charge is 0.261 e. The van der Waals surface area contributed by atoms with Crippen LogP contribution < -0.4 is 15.4 Å². The van der Waals surface area contributed by atoms with E-state index in [1.54, 1.807) is 11.3 Å². The third-order valence-corrected chi connectivity index (χ3v) is 9.49. The van der Waals surface area contributed by atoms with E-state index in [1.807, 2.05) is 12.1 Å². The topological polar surface area (TPSA) is 53.6 Å². The van der Waals surface area contributed by atoms with Crippen LogP contribution in [0.4, 0.5) is 0 Å². The molecule has 0 radical (unpaired) electrons. The average Bonchev–Trinajstić information content (AvgIpc) is 3.41. The second-order valence-electron chi connectivity index (χ2n) is 10.6. The van der Waals surface area contributed by atoms with E-state index in [1.165, 1.54) is 16.7 Å². The van der Waals surface area contributed by atoms with Crippen LogP contribution in [0.2, 0.25) is 0 Å². The third kappa shape index (κ3) is 6.55. The Morgan fingerprint density at radius 3 is 2.51 bits per heavy atom. The fraction of sp³-hybridized carbons (Fsp3) is 0.344. The Balaban J connectivity index is 1.01. The van der Waals surface area contributed by atoms with Crippen molar-refractivity contribution in [3.05, 3.63) is 87.7 Å². The minimum Gasteiger partial charge on any atom is -0.489 e. The molecule has 6 rings (SSSR count). The zero-order valence-electron chi connectivity index (χ0n) is 22.0. The highest BCUT2D eigenvalue weighted by Gasteiger charge is 2.23. The normalized spacial score (nSPS) is 17.4. The van der Waals surface area contributed by atoms with Crippen LogP contribution >= 0.6 is 27.3 Å². The summed E-state index contributed by atoms with van der Waals surface area (Å²) in [5.41, 5.74) is 3.65. The van der Waals surface area contributed by atoms with Crippen LogP contribution in [0.25, 0.3) is 21.2 Å². The summed E-state index contributed by atoms with van der Waals surface area (Å²) in [4.78, 5) is 16.3. The zero-order valence-corrected chi connectivity index (χ0v) is 24.4. The minimum absolute atomic E-state index is 0.0455. The lowest BCUT2D eigenvalue weighted by Gasteiger charge is -2.32. The number of benzene rings is 3. The van der Waals surface area contributed by atoms with Crippen molar-refractivity contribution < 1.29 is 9.53 Å². The van der Waals surface area contributed by atoms with Gasteiger partial charge in [0, 0.05) is 30.4 Å². The number of piperidine rings is 2. The highest BCUT2D eigenvalue weighted by atomic mass is 79.9. The number of nitrogens with one attached hydrogen (secondary N) is 2. The van der Waals surface area contributed by atoms with Crippen LogP contribution in [-0.2, 0) is 6.54 Å². The first-order chi connectivity index (χ1) is 19.1. The lowest BCUT2D eigenvalue weighted by molar-refractivity contribution is 0.0913. The summed E-state index contributed by atoms with van der Waals surface area (Å²) in [6, 6.07) is 25.5. The van der Waals surface area contributed by atoms with Gasteiger partial charge in [0.1, 0.15) is 11.9 Å². The molecule has 0 unspecified atom stereocenters. The predicted molar refractivity (Wildman–Crippen MR) is 164 cm³/mol. The van der Waals surface area contributed by atoms with E-state index in [-0.39, 0.29) is 11.9 Å². The Hall–Kier alpha value is -2.71. The van der Waals surface area contributed by atoms with Crippen LogP contribution in [0, 0.1) is 0 Å². The van der Waals surface area contributed by atoms with Crippen molar-refractivity contribution in [2.75, 3.05) is 26.2 Å². The van der Waals surface area contributed by atoms with Crippen molar-refractivity contribution in [3.8, 4) is 16.9 Å². The van der Waals surface area contributed by atoms with Gasteiger partial charge in [-0.05, 0) is 107 Å². The Morgan fingerprint density at radius 2 is 1.74 bits per heavy atom. The zero-order chi connectivity index (χ0) is 26.6. The van der Waals surface area contributed by atoms with Crippen molar-refractivity contribution in [3.63, 3.8) is 0 Å². The van der Waals surface area contributed by atoms with Crippen LogP contribution in [-0.4, -0.2) is 49.1 Å². The summed E-state index contributed by atoms with van der Waals surface area (Å²) in [6.45, 7) is 4.91.